The van der Waals surface area contributed by atoms with E-state index in [1.807, 2.05) is 7.05 Å². The van der Waals surface area contributed by atoms with Crippen LogP contribution in [0.4, 0.5) is 0 Å². The highest BCUT2D eigenvalue weighted by atomic mass is 32.2. The lowest BCUT2D eigenvalue weighted by molar-refractivity contribution is 0.478. The van der Waals surface area contributed by atoms with Crippen LogP contribution in [-0.2, 0) is 10.1 Å². The van der Waals surface area contributed by atoms with E-state index in [0.29, 0.717) is 6.42 Å². The number of unbranched alkanes of at least 4 members (excludes halogenated alkanes) is 14. The summed E-state index contributed by atoms with van der Waals surface area (Å²) in [6.07, 6.45) is 24.1. The zero-order valence-corrected chi connectivity index (χ0v) is 17.9. The monoisotopic (exact) mass is 389 g/mol. The zero-order valence-electron chi connectivity index (χ0n) is 17.1. The van der Waals surface area contributed by atoms with Crippen molar-refractivity contribution < 1.29 is 13.0 Å². The van der Waals surface area contributed by atoms with Gasteiger partial charge in [0.1, 0.15) is 0 Å². The van der Waals surface area contributed by atoms with Crippen LogP contribution in [0.3, 0.4) is 0 Å². The highest BCUT2D eigenvalue weighted by Crippen LogP contribution is 2.11. The molecule has 0 rings (SSSR count). The van der Waals surface area contributed by atoms with E-state index in [2.05, 4.69) is 17.5 Å². The molecular weight excluding hydrogens is 346 g/mol. The van der Waals surface area contributed by atoms with E-state index in [1.54, 1.807) is 0 Å². The number of nitrogens with one attached hydrogen (secondary N) is 1. The molecule has 0 spiro atoms. The Labute approximate surface area is 163 Å². The van der Waals surface area contributed by atoms with Crippen LogP contribution in [0.15, 0.2) is 12.2 Å². The summed E-state index contributed by atoms with van der Waals surface area (Å²) in [4.78, 5) is 0. The van der Waals surface area contributed by atoms with E-state index in [4.69, 9.17) is 4.55 Å². The van der Waals surface area contributed by atoms with Gasteiger partial charge in [-0.05, 0) is 52.1 Å². The molecule has 0 amide bonds. The second kappa shape index (κ2) is 19.4. The molecule has 156 valence electrons. The summed E-state index contributed by atoms with van der Waals surface area (Å²) >= 11 is 0. The quantitative estimate of drug-likeness (QED) is 0.155. The van der Waals surface area contributed by atoms with Gasteiger partial charge in [0.05, 0.1) is 5.75 Å². The average molecular weight is 390 g/mol. The van der Waals surface area contributed by atoms with E-state index in [9.17, 15) is 8.42 Å². The maximum Gasteiger partial charge on any atom is 0.264 e. The van der Waals surface area contributed by atoms with Crippen LogP contribution >= 0.6 is 0 Å². The summed E-state index contributed by atoms with van der Waals surface area (Å²) in [5, 5.41) is 3.19. The van der Waals surface area contributed by atoms with Gasteiger partial charge in [-0.1, -0.05) is 76.4 Å². The summed E-state index contributed by atoms with van der Waals surface area (Å²) in [5.74, 6) is -0.0873. The molecule has 0 aromatic rings. The number of rotatable bonds is 20. The van der Waals surface area contributed by atoms with Crippen LogP contribution in [0.2, 0.25) is 0 Å². The summed E-state index contributed by atoms with van der Waals surface area (Å²) in [5.41, 5.74) is 0. The standard InChI is InChI=1S/C21H43NO3S/c1-22-20-18-16-14-12-10-8-6-4-2-3-5-7-9-11-13-15-17-19-21-26(23,24)25/h2,4,22H,3,5-21H2,1H3,(H,23,24,25)/b4-2-. The van der Waals surface area contributed by atoms with E-state index in [0.717, 1.165) is 19.4 Å². The molecule has 26 heavy (non-hydrogen) atoms. The van der Waals surface area contributed by atoms with Crippen LogP contribution in [-0.4, -0.2) is 32.3 Å². The van der Waals surface area contributed by atoms with Crippen LogP contribution in [0.1, 0.15) is 103 Å². The minimum Gasteiger partial charge on any atom is -0.320 e. The smallest absolute Gasteiger partial charge is 0.264 e. The first-order valence-electron chi connectivity index (χ1n) is 10.8. The molecule has 0 saturated heterocycles. The van der Waals surface area contributed by atoms with E-state index in [-0.39, 0.29) is 5.75 Å². The molecule has 0 saturated carbocycles. The molecule has 0 aliphatic carbocycles. The Hall–Kier alpha value is -0.390. The number of allylic oxidation sites excluding steroid dienone is 2. The SMILES string of the molecule is CNCCCCCCCC/C=C\CCCCCCCCCCS(=O)(=O)O. The van der Waals surface area contributed by atoms with Gasteiger partial charge in [-0.3, -0.25) is 4.55 Å². The molecule has 0 atom stereocenters. The molecule has 0 aliphatic rings. The van der Waals surface area contributed by atoms with Gasteiger partial charge in [0, 0.05) is 0 Å². The Kier molecular flexibility index (Phi) is 19.1. The lowest BCUT2D eigenvalue weighted by atomic mass is 10.1. The van der Waals surface area contributed by atoms with Gasteiger partial charge in [0.2, 0.25) is 0 Å². The predicted molar refractivity (Wildman–Crippen MR) is 113 cm³/mol. The van der Waals surface area contributed by atoms with Crippen molar-refractivity contribution in [2.45, 2.75) is 103 Å². The Morgan fingerprint density at radius 3 is 1.46 bits per heavy atom. The maximum absolute atomic E-state index is 10.6. The number of hydrogen-bond donors (Lipinski definition) is 2. The molecule has 0 aromatic heterocycles. The third-order valence-corrected chi connectivity index (χ3v) is 5.54. The molecule has 0 radical (unpaired) electrons. The van der Waals surface area contributed by atoms with Gasteiger partial charge in [0.25, 0.3) is 10.1 Å². The summed E-state index contributed by atoms with van der Waals surface area (Å²) in [6.45, 7) is 1.15. The van der Waals surface area contributed by atoms with Crippen LogP contribution in [0, 0.1) is 0 Å². The van der Waals surface area contributed by atoms with E-state index >= 15 is 0 Å². The maximum atomic E-state index is 10.6. The minimum atomic E-state index is -3.76. The lowest BCUT2D eigenvalue weighted by Crippen LogP contribution is -2.06. The Balaban J connectivity index is 3.13. The van der Waals surface area contributed by atoms with Crippen LogP contribution < -0.4 is 5.32 Å². The molecule has 0 aliphatic heterocycles. The molecule has 0 bridgehead atoms. The molecule has 2 N–H and O–H groups in total. The molecule has 0 unspecified atom stereocenters. The Morgan fingerprint density at radius 2 is 1.04 bits per heavy atom. The topological polar surface area (TPSA) is 66.4 Å². The van der Waals surface area contributed by atoms with Crippen molar-refractivity contribution in [3.8, 4) is 0 Å². The third-order valence-electron chi connectivity index (χ3n) is 4.74. The van der Waals surface area contributed by atoms with Gasteiger partial charge in [-0.15, -0.1) is 0 Å². The lowest BCUT2D eigenvalue weighted by Gasteiger charge is -2.01. The molecule has 0 heterocycles. The summed E-state index contributed by atoms with van der Waals surface area (Å²) < 4.78 is 29.8. The first kappa shape index (κ1) is 25.6. The predicted octanol–water partition coefficient (Wildman–Crippen LogP) is 5.89. The Morgan fingerprint density at radius 1 is 0.654 bits per heavy atom. The zero-order chi connectivity index (χ0) is 19.3. The fourth-order valence-corrected chi connectivity index (χ4v) is 3.68. The van der Waals surface area contributed by atoms with Crippen molar-refractivity contribution in [1.82, 2.24) is 5.32 Å². The highest BCUT2D eigenvalue weighted by Gasteiger charge is 2.02. The molecule has 5 heteroatoms. The van der Waals surface area contributed by atoms with Gasteiger partial charge >= 0.3 is 0 Å². The summed E-state index contributed by atoms with van der Waals surface area (Å²) in [7, 11) is -1.74. The van der Waals surface area contributed by atoms with Crippen molar-refractivity contribution >= 4 is 10.1 Å². The first-order chi connectivity index (χ1) is 12.6. The van der Waals surface area contributed by atoms with Crippen molar-refractivity contribution in [3.05, 3.63) is 12.2 Å². The molecule has 0 aromatic carbocycles. The highest BCUT2D eigenvalue weighted by molar-refractivity contribution is 7.85. The van der Waals surface area contributed by atoms with E-state index < -0.39 is 10.1 Å². The molecule has 4 nitrogen and oxygen atoms in total. The Bertz CT molecular complexity index is 407. The third kappa shape index (κ3) is 23.6. The summed E-state index contributed by atoms with van der Waals surface area (Å²) in [6, 6.07) is 0. The van der Waals surface area contributed by atoms with Gasteiger partial charge in [-0.25, -0.2) is 0 Å². The average Bonchev–Trinajstić information content (AvgIpc) is 2.59. The fraction of sp³-hybridized carbons (Fsp3) is 0.905. The van der Waals surface area contributed by atoms with Crippen LogP contribution in [0.25, 0.3) is 0 Å². The second-order valence-electron chi connectivity index (χ2n) is 7.39. The van der Waals surface area contributed by atoms with Crippen LogP contribution in [0.5, 0.6) is 0 Å². The van der Waals surface area contributed by atoms with Crippen molar-refractivity contribution in [3.63, 3.8) is 0 Å². The number of hydrogen-bond acceptors (Lipinski definition) is 3. The van der Waals surface area contributed by atoms with Gasteiger partial charge in [0.15, 0.2) is 0 Å². The largest absolute Gasteiger partial charge is 0.320 e. The van der Waals surface area contributed by atoms with Gasteiger partial charge < -0.3 is 5.32 Å². The second-order valence-corrected chi connectivity index (χ2v) is 8.96. The van der Waals surface area contributed by atoms with Gasteiger partial charge in [-0.2, -0.15) is 8.42 Å². The molecule has 0 fully saturated rings. The van der Waals surface area contributed by atoms with Crippen molar-refractivity contribution in [2.75, 3.05) is 19.3 Å². The molecular formula is C21H43NO3S. The minimum absolute atomic E-state index is 0.0873. The fourth-order valence-electron chi connectivity index (χ4n) is 3.11. The normalized spacial score (nSPS) is 12.2. The van der Waals surface area contributed by atoms with Crippen molar-refractivity contribution in [2.24, 2.45) is 0 Å². The first-order valence-corrected chi connectivity index (χ1v) is 12.4. The van der Waals surface area contributed by atoms with E-state index in [1.165, 1.54) is 83.5 Å². The van der Waals surface area contributed by atoms with Crippen molar-refractivity contribution in [1.29, 1.82) is 0 Å².